The molecule has 3 rings (SSSR count). The van der Waals surface area contributed by atoms with E-state index in [0.717, 1.165) is 21.8 Å². The second-order valence-electron chi connectivity index (χ2n) is 4.17. The fourth-order valence-corrected chi connectivity index (χ4v) is 2.93. The van der Waals surface area contributed by atoms with Crippen LogP contribution in [0.15, 0.2) is 52.3 Å². The molecular weight excluding hydrogens is 344 g/mol. The van der Waals surface area contributed by atoms with E-state index in [4.69, 9.17) is 0 Å². The van der Waals surface area contributed by atoms with Crippen LogP contribution in [0.1, 0.15) is 0 Å². The molecule has 1 nitrogen and oxygen atoms in total. The first-order valence-electron chi connectivity index (χ1n) is 5.80. The quantitative estimate of drug-likeness (QED) is 0.592. The third-order valence-corrected chi connectivity index (χ3v) is 4.21. The lowest BCUT2D eigenvalue weighted by Gasteiger charge is -1.99. The van der Waals surface area contributed by atoms with Crippen molar-refractivity contribution in [3.63, 3.8) is 0 Å². The smallest absolute Gasteiger partial charge is 0.136 e. The summed E-state index contributed by atoms with van der Waals surface area (Å²) in [5, 5.41) is 2.40. The lowest BCUT2D eigenvalue weighted by Crippen LogP contribution is -1.86. The molecule has 0 N–H and O–H groups in total. The molecule has 0 fully saturated rings. The molecule has 0 aliphatic rings. The SMILES string of the molecule is Fc1ccc(-c2nc(-c3ccc(Br)cc3)cs2)c(F)c1. The zero-order chi connectivity index (χ0) is 14.1. The highest BCUT2D eigenvalue weighted by atomic mass is 79.9. The minimum Gasteiger partial charge on any atom is -0.236 e. The van der Waals surface area contributed by atoms with Crippen molar-refractivity contribution in [3.05, 3.63) is 64.0 Å². The fraction of sp³-hybridized carbons (Fsp3) is 0. The Kier molecular flexibility index (Phi) is 3.63. The van der Waals surface area contributed by atoms with Gasteiger partial charge >= 0.3 is 0 Å². The van der Waals surface area contributed by atoms with Crippen LogP contribution < -0.4 is 0 Å². The van der Waals surface area contributed by atoms with Crippen molar-refractivity contribution in [2.24, 2.45) is 0 Å². The van der Waals surface area contributed by atoms with E-state index in [-0.39, 0.29) is 0 Å². The second kappa shape index (κ2) is 5.42. The lowest BCUT2D eigenvalue weighted by atomic mass is 10.2. The summed E-state index contributed by atoms with van der Waals surface area (Å²) in [6, 6.07) is 11.2. The summed E-state index contributed by atoms with van der Waals surface area (Å²) in [5.74, 6) is -1.18. The topological polar surface area (TPSA) is 12.9 Å². The molecule has 0 bridgehead atoms. The van der Waals surface area contributed by atoms with Gasteiger partial charge in [-0.3, -0.25) is 0 Å². The average Bonchev–Trinajstić information content (AvgIpc) is 2.89. The third-order valence-electron chi connectivity index (χ3n) is 2.81. The van der Waals surface area contributed by atoms with Crippen molar-refractivity contribution >= 4 is 27.3 Å². The van der Waals surface area contributed by atoms with Gasteiger partial charge in [-0.15, -0.1) is 11.3 Å². The van der Waals surface area contributed by atoms with Crippen LogP contribution in [0.5, 0.6) is 0 Å². The predicted octanol–water partition coefficient (Wildman–Crippen LogP) is 5.52. The highest BCUT2D eigenvalue weighted by Crippen LogP contribution is 2.31. The molecule has 0 aliphatic heterocycles. The highest BCUT2D eigenvalue weighted by Gasteiger charge is 2.11. The van der Waals surface area contributed by atoms with Gasteiger partial charge in [0, 0.05) is 27.0 Å². The van der Waals surface area contributed by atoms with Crippen LogP contribution in [0.4, 0.5) is 8.78 Å². The molecule has 1 heterocycles. The molecule has 0 unspecified atom stereocenters. The summed E-state index contributed by atoms with van der Waals surface area (Å²) in [5.41, 5.74) is 2.05. The van der Waals surface area contributed by atoms with Crippen LogP contribution in [-0.4, -0.2) is 4.98 Å². The molecule has 0 radical (unpaired) electrons. The number of thiazole rings is 1. The molecule has 5 heteroatoms. The Morgan fingerprint density at radius 1 is 1.00 bits per heavy atom. The number of hydrogen-bond donors (Lipinski definition) is 0. The standard InChI is InChI=1S/C15H8BrF2NS/c16-10-3-1-9(2-4-10)14-8-20-15(19-14)12-6-5-11(17)7-13(12)18/h1-8H. The molecular formula is C15H8BrF2NS. The van der Waals surface area contributed by atoms with E-state index in [1.54, 1.807) is 0 Å². The molecule has 20 heavy (non-hydrogen) atoms. The molecule has 3 aromatic rings. The maximum atomic E-state index is 13.7. The summed E-state index contributed by atoms with van der Waals surface area (Å²) in [6.45, 7) is 0. The number of aromatic nitrogens is 1. The van der Waals surface area contributed by atoms with Crippen molar-refractivity contribution in [3.8, 4) is 21.8 Å². The van der Waals surface area contributed by atoms with Gasteiger partial charge in [0.05, 0.1) is 5.69 Å². The van der Waals surface area contributed by atoms with Gasteiger partial charge in [-0.25, -0.2) is 13.8 Å². The Labute approximate surface area is 127 Å². The van der Waals surface area contributed by atoms with E-state index in [9.17, 15) is 8.78 Å². The van der Waals surface area contributed by atoms with Crippen molar-refractivity contribution in [1.82, 2.24) is 4.98 Å². The van der Waals surface area contributed by atoms with Crippen molar-refractivity contribution in [2.75, 3.05) is 0 Å². The van der Waals surface area contributed by atoms with E-state index >= 15 is 0 Å². The molecule has 2 aromatic carbocycles. The first-order valence-corrected chi connectivity index (χ1v) is 7.47. The Morgan fingerprint density at radius 2 is 1.75 bits per heavy atom. The lowest BCUT2D eigenvalue weighted by molar-refractivity contribution is 0.585. The minimum absolute atomic E-state index is 0.319. The van der Waals surface area contributed by atoms with E-state index < -0.39 is 11.6 Å². The van der Waals surface area contributed by atoms with E-state index in [1.165, 1.54) is 23.5 Å². The van der Waals surface area contributed by atoms with Gasteiger partial charge in [-0.1, -0.05) is 28.1 Å². The van der Waals surface area contributed by atoms with Gasteiger partial charge in [-0.2, -0.15) is 0 Å². The summed E-state index contributed by atoms with van der Waals surface area (Å²) in [4.78, 5) is 4.41. The fourth-order valence-electron chi connectivity index (χ4n) is 1.81. The monoisotopic (exact) mass is 351 g/mol. The van der Waals surface area contributed by atoms with Gasteiger partial charge < -0.3 is 0 Å². The van der Waals surface area contributed by atoms with Crippen LogP contribution in [-0.2, 0) is 0 Å². The average molecular weight is 352 g/mol. The molecule has 1 aromatic heterocycles. The van der Waals surface area contributed by atoms with Crippen LogP contribution in [0.3, 0.4) is 0 Å². The van der Waals surface area contributed by atoms with Crippen LogP contribution >= 0.6 is 27.3 Å². The predicted molar refractivity (Wildman–Crippen MR) is 80.6 cm³/mol. The summed E-state index contributed by atoms with van der Waals surface area (Å²) >= 11 is 4.71. The van der Waals surface area contributed by atoms with Crippen LogP contribution in [0, 0.1) is 11.6 Å². The Balaban J connectivity index is 1.99. The Hall–Kier alpha value is -1.59. The van der Waals surface area contributed by atoms with Gasteiger partial charge in [0.2, 0.25) is 0 Å². The number of halogens is 3. The number of benzene rings is 2. The first-order chi connectivity index (χ1) is 9.63. The Bertz CT molecular complexity index is 753. The highest BCUT2D eigenvalue weighted by molar-refractivity contribution is 9.10. The van der Waals surface area contributed by atoms with Gasteiger partial charge in [0.1, 0.15) is 16.6 Å². The summed E-state index contributed by atoms with van der Waals surface area (Å²) in [6.07, 6.45) is 0. The molecule has 0 amide bonds. The van der Waals surface area contributed by atoms with Gasteiger partial charge in [-0.05, 0) is 24.3 Å². The number of nitrogens with zero attached hydrogens (tertiary/aromatic N) is 1. The summed E-state index contributed by atoms with van der Waals surface area (Å²) in [7, 11) is 0. The minimum atomic E-state index is -0.596. The van der Waals surface area contributed by atoms with Crippen molar-refractivity contribution in [1.29, 1.82) is 0 Å². The van der Waals surface area contributed by atoms with E-state index in [1.807, 2.05) is 29.6 Å². The zero-order valence-electron chi connectivity index (χ0n) is 10.1. The van der Waals surface area contributed by atoms with Gasteiger partial charge in [0.25, 0.3) is 0 Å². The molecule has 0 atom stereocenters. The van der Waals surface area contributed by atoms with Crippen molar-refractivity contribution in [2.45, 2.75) is 0 Å². The Morgan fingerprint density at radius 3 is 2.45 bits per heavy atom. The maximum absolute atomic E-state index is 13.7. The first kappa shape index (κ1) is 13.4. The largest absolute Gasteiger partial charge is 0.236 e. The summed E-state index contributed by atoms with van der Waals surface area (Å²) < 4.78 is 27.6. The van der Waals surface area contributed by atoms with Gasteiger partial charge in [0.15, 0.2) is 0 Å². The third kappa shape index (κ3) is 2.64. The molecule has 0 saturated heterocycles. The molecule has 0 spiro atoms. The molecule has 100 valence electrons. The van der Waals surface area contributed by atoms with Crippen LogP contribution in [0.25, 0.3) is 21.8 Å². The normalized spacial score (nSPS) is 10.8. The maximum Gasteiger partial charge on any atom is 0.136 e. The van der Waals surface area contributed by atoms with E-state index in [0.29, 0.717) is 10.6 Å². The number of rotatable bonds is 2. The molecule has 0 aliphatic carbocycles. The molecule has 0 saturated carbocycles. The number of hydrogen-bond acceptors (Lipinski definition) is 2. The van der Waals surface area contributed by atoms with Crippen LogP contribution in [0.2, 0.25) is 0 Å². The zero-order valence-corrected chi connectivity index (χ0v) is 12.5. The second-order valence-corrected chi connectivity index (χ2v) is 5.94. The van der Waals surface area contributed by atoms with E-state index in [2.05, 4.69) is 20.9 Å². The van der Waals surface area contributed by atoms with Crippen molar-refractivity contribution < 1.29 is 8.78 Å².